The number of H-pyrrole nitrogens is 2. The Balaban J connectivity index is 1.66. The van der Waals surface area contributed by atoms with E-state index in [9.17, 15) is 27.9 Å². The van der Waals surface area contributed by atoms with Gasteiger partial charge in [0.2, 0.25) is 5.75 Å². The second-order valence-electron chi connectivity index (χ2n) is 8.51. The number of halogens is 3. The molecule has 2 aromatic heterocycles. The third kappa shape index (κ3) is 3.61. The molecule has 2 aromatic carbocycles. The first-order chi connectivity index (χ1) is 18.0. The smallest absolute Gasteiger partial charge is 0.432 e. The summed E-state index contributed by atoms with van der Waals surface area (Å²) in [4.78, 5) is 32.5. The van der Waals surface area contributed by atoms with Gasteiger partial charge in [-0.05, 0) is 24.3 Å². The number of carbonyl (C=O) groups is 2. The van der Waals surface area contributed by atoms with E-state index in [1.165, 1.54) is 38.4 Å². The molecule has 0 aliphatic carbocycles. The number of hydrogen-bond donors (Lipinski definition) is 3. The first-order valence-corrected chi connectivity index (χ1v) is 11.2. The van der Waals surface area contributed by atoms with Crippen LogP contribution in [-0.2, 0) is 10.9 Å². The number of β-amino-alcohol motifs (C(OH)–C–C–N with tert-alkyl or cyclic N) is 1. The van der Waals surface area contributed by atoms with Crippen molar-refractivity contribution in [2.24, 2.45) is 0 Å². The molecular formula is C25H22F3N3O7. The van der Waals surface area contributed by atoms with E-state index in [1.807, 2.05) is 0 Å². The third-order valence-electron chi connectivity index (χ3n) is 6.53. The first-order valence-electron chi connectivity index (χ1n) is 11.2. The van der Waals surface area contributed by atoms with Gasteiger partial charge in [-0.25, -0.2) is 4.79 Å². The molecule has 1 aliphatic rings. The van der Waals surface area contributed by atoms with Crippen molar-refractivity contribution in [2.75, 3.05) is 39.9 Å². The maximum atomic E-state index is 13.7. The van der Waals surface area contributed by atoms with Crippen molar-refractivity contribution in [3.05, 3.63) is 46.8 Å². The van der Waals surface area contributed by atoms with E-state index in [1.54, 1.807) is 12.1 Å². The maximum Gasteiger partial charge on any atom is 0.432 e. The van der Waals surface area contributed by atoms with Gasteiger partial charge in [0.05, 0.1) is 57.9 Å². The number of aliphatic hydroxyl groups is 1. The molecule has 38 heavy (non-hydrogen) atoms. The lowest BCUT2D eigenvalue weighted by atomic mass is 10.0. The van der Waals surface area contributed by atoms with Crippen molar-refractivity contribution in [2.45, 2.75) is 12.3 Å². The van der Waals surface area contributed by atoms with Crippen LogP contribution < -0.4 is 19.1 Å². The summed E-state index contributed by atoms with van der Waals surface area (Å²) in [6.45, 7) is -0.250. The number of aromatic nitrogens is 2. The quantitative estimate of drug-likeness (QED) is 0.329. The lowest BCUT2D eigenvalue weighted by Gasteiger charge is -2.16. The SMILES string of the molecule is COC(=O)c1c(C(F)(F)F)[nH]c2ccc3c(c12)C(O)CN3C(=O)c1cc2cc(OC)c(OC)c(OC)c2[nH]1. The summed E-state index contributed by atoms with van der Waals surface area (Å²) in [6, 6.07) is 5.95. The number of benzene rings is 2. The highest BCUT2D eigenvalue weighted by molar-refractivity contribution is 6.14. The van der Waals surface area contributed by atoms with Crippen LogP contribution in [0, 0.1) is 0 Å². The number of esters is 1. The van der Waals surface area contributed by atoms with Crippen LogP contribution in [0.15, 0.2) is 24.3 Å². The van der Waals surface area contributed by atoms with Gasteiger partial charge in [0.1, 0.15) is 11.4 Å². The fourth-order valence-electron chi connectivity index (χ4n) is 4.96. The predicted octanol–water partition coefficient (Wildman–Crippen LogP) is 4.17. The molecule has 1 atom stereocenters. The molecule has 5 rings (SSSR count). The Bertz CT molecular complexity index is 1610. The molecule has 0 saturated heterocycles. The lowest BCUT2D eigenvalue weighted by Crippen LogP contribution is -2.30. The summed E-state index contributed by atoms with van der Waals surface area (Å²) in [6.07, 6.45) is -6.25. The Morgan fingerprint density at radius 2 is 1.74 bits per heavy atom. The minimum absolute atomic E-state index is 0.0139. The largest absolute Gasteiger partial charge is 0.493 e. The van der Waals surface area contributed by atoms with E-state index < -0.39 is 35.4 Å². The molecule has 3 N–H and O–H groups in total. The Labute approximate surface area is 212 Å². The molecule has 3 heterocycles. The number of rotatable bonds is 5. The molecule has 1 aliphatic heterocycles. The number of nitrogens with one attached hydrogen (secondary N) is 2. The fourth-order valence-corrected chi connectivity index (χ4v) is 4.96. The van der Waals surface area contributed by atoms with Crippen LogP contribution in [-0.4, -0.2) is 61.9 Å². The van der Waals surface area contributed by atoms with Gasteiger partial charge in [-0.2, -0.15) is 13.2 Å². The van der Waals surface area contributed by atoms with Crippen LogP contribution in [0.4, 0.5) is 18.9 Å². The van der Waals surface area contributed by atoms with Gasteiger partial charge < -0.3 is 38.9 Å². The zero-order chi connectivity index (χ0) is 27.5. The van der Waals surface area contributed by atoms with E-state index in [-0.39, 0.29) is 34.4 Å². The minimum atomic E-state index is -4.89. The van der Waals surface area contributed by atoms with Gasteiger partial charge in [-0.3, -0.25) is 4.79 Å². The number of amides is 1. The van der Waals surface area contributed by atoms with Crippen LogP contribution in [0.2, 0.25) is 0 Å². The van der Waals surface area contributed by atoms with Gasteiger partial charge in [0.25, 0.3) is 5.91 Å². The number of methoxy groups -OCH3 is 4. The maximum absolute atomic E-state index is 13.7. The van der Waals surface area contributed by atoms with Crippen molar-refractivity contribution in [3.8, 4) is 17.2 Å². The van der Waals surface area contributed by atoms with Gasteiger partial charge >= 0.3 is 12.1 Å². The summed E-state index contributed by atoms with van der Waals surface area (Å²) in [7, 11) is 5.30. The molecule has 10 nitrogen and oxygen atoms in total. The number of aliphatic hydroxyl groups excluding tert-OH is 1. The molecule has 13 heteroatoms. The van der Waals surface area contributed by atoms with E-state index in [0.717, 1.165) is 7.11 Å². The summed E-state index contributed by atoms with van der Waals surface area (Å²) < 4.78 is 62.0. The number of fused-ring (bicyclic) bond motifs is 4. The molecule has 4 aromatic rings. The van der Waals surface area contributed by atoms with Crippen LogP contribution in [0.3, 0.4) is 0 Å². The molecule has 1 unspecified atom stereocenters. The molecular weight excluding hydrogens is 511 g/mol. The fraction of sp³-hybridized carbons (Fsp3) is 0.280. The Kier molecular flexibility index (Phi) is 5.90. The summed E-state index contributed by atoms with van der Waals surface area (Å²) >= 11 is 0. The second kappa shape index (κ2) is 8.87. The van der Waals surface area contributed by atoms with Crippen LogP contribution in [0.5, 0.6) is 17.2 Å². The number of anilines is 1. The van der Waals surface area contributed by atoms with Gasteiger partial charge in [-0.15, -0.1) is 0 Å². The molecule has 0 fully saturated rings. The van der Waals surface area contributed by atoms with Crippen LogP contribution >= 0.6 is 0 Å². The average molecular weight is 533 g/mol. The number of nitrogens with zero attached hydrogens (tertiary/aromatic N) is 1. The van der Waals surface area contributed by atoms with Crippen LogP contribution in [0.25, 0.3) is 21.8 Å². The Morgan fingerprint density at radius 3 is 2.34 bits per heavy atom. The number of ether oxygens (including phenoxy) is 4. The summed E-state index contributed by atoms with van der Waals surface area (Å²) in [5.74, 6) is -0.790. The van der Waals surface area contributed by atoms with Crippen molar-refractivity contribution in [1.29, 1.82) is 0 Å². The van der Waals surface area contributed by atoms with Crippen molar-refractivity contribution in [1.82, 2.24) is 9.97 Å². The zero-order valence-electron chi connectivity index (χ0n) is 20.6. The van der Waals surface area contributed by atoms with Gasteiger partial charge in [0.15, 0.2) is 11.5 Å². The molecule has 0 spiro atoms. The number of alkyl halides is 3. The normalized spacial score (nSPS) is 15.2. The third-order valence-corrected chi connectivity index (χ3v) is 6.53. The highest BCUT2D eigenvalue weighted by Crippen LogP contribution is 2.46. The number of carbonyl (C=O) groups excluding carboxylic acids is 2. The highest BCUT2D eigenvalue weighted by atomic mass is 19.4. The molecule has 0 bridgehead atoms. The topological polar surface area (TPSA) is 126 Å². The zero-order valence-corrected chi connectivity index (χ0v) is 20.6. The number of hydrogen-bond acceptors (Lipinski definition) is 7. The Hall–Kier alpha value is -4.39. The van der Waals surface area contributed by atoms with Crippen molar-refractivity contribution in [3.63, 3.8) is 0 Å². The van der Waals surface area contributed by atoms with E-state index in [4.69, 9.17) is 14.2 Å². The first kappa shape index (κ1) is 25.3. The van der Waals surface area contributed by atoms with Crippen molar-refractivity contribution >= 4 is 39.4 Å². The predicted molar refractivity (Wildman–Crippen MR) is 129 cm³/mol. The monoisotopic (exact) mass is 533 g/mol. The molecule has 1 amide bonds. The van der Waals surface area contributed by atoms with Crippen molar-refractivity contribution < 1.29 is 46.8 Å². The molecule has 0 saturated carbocycles. The van der Waals surface area contributed by atoms with E-state index >= 15 is 0 Å². The lowest BCUT2D eigenvalue weighted by molar-refractivity contribution is -0.141. The standard InChI is InChI=1S/C25H22F3N3O7/c1-35-15-8-10-7-12(29-19(10)21(37-3)20(15)36-2)23(33)31-9-14(32)17-13(31)6-5-11-16(17)18(24(34)38-4)22(30-11)25(26,27)28/h5-8,14,29-30,32H,9H2,1-4H3. The van der Waals surface area contributed by atoms with E-state index in [0.29, 0.717) is 28.2 Å². The van der Waals surface area contributed by atoms with Gasteiger partial charge in [0, 0.05) is 21.9 Å². The molecule has 200 valence electrons. The van der Waals surface area contributed by atoms with E-state index in [2.05, 4.69) is 14.7 Å². The van der Waals surface area contributed by atoms with Crippen LogP contribution in [0.1, 0.15) is 38.2 Å². The summed E-state index contributed by atoms with van der Waals surface area (Å²) in [5, 5.41) is 11.3. The van der Waals surface area contributed by atoms with Gasteiger partial charge in [-0.1, -0.05) is 0 Å². The minimum Gasteiger partial charge on any atom is -0.493 e. The second-order valence-corrected chi connectivity index (χ2v) is 8.51. The number of aromatic amines is 2. The molecule has 0 radical (unpaired) electrons. The highest BCUT2D eigenvalue weighted by Gasteiger charge is 2.42. The Morgan fingerprint density at radius 1 is 1.03 bits per heavy atom. The average Bonchev–Trinajstić information content (AvgIpc) is 3.59. The summed E-state index contributed by atoms with van der Waals surface area (Å²) in [5.41, 5.74) is -1.33.